The highest BCUT2D eigenvalue weighted by Crippen LogP contribution is 2.27. The van der Waals surface area contributed by atoms with E-state index >= 15 is 0 Å². The summed E-state index contributed by atoms with van der Waals surface area (Å²) in [5, 5.41) is 5.79. The molecule has 1 aromatic heterocycles. The molecular weight excluding hydrogens is 299 g/mol. The fourth-order valence-electron chi connectivity index (χ4n) is 1.90. The van der Waals surface area contributed by atoms with Crippen molar-refractivity contribution in [3.63, 3.8) is 0 Å². The minimum atomic E-state index is 0.189. The van der Waals surface area contributed by atoms with Gasteiger partial charge >= 0.3 is 0 Å². The zero-order chi connectivity index (χ0) is 14.0. The maximum atomic E-state index is 6.04. The summed E-state index contributed by atoms with van der Waals surface area (Å²) in [6.07, 6.45) is 1.90. The second kappa shape index (κ2) is 6.23. The highest BCUT2D eigenvalue weighted by atomic mass is 35.5. The van der Waals surface area contributed by atoms with Crippen LogP contribution in [0.1, 0.15) is 41.4 Å². The standard InChI is InChI=1S/C14H16Cl2N2S/c1-8-7-17-14(19-8)10(3)18-9(2)11-4-5-12(15)13(16)6-11/h4-7,9-10,18H,1-3H3. The Balaban J connectivity index is 2.07. The van der Waals surface area contributed by atoms with Gasteiger partial charge in [0.1, 0.15) is 5.01 Å². The minimum absolute atomic E-state index is 0.189. The van der Waals surface area contributed by atoms with Crippen molar-refractivity contribution in [2.75, 3.05) is 0 Å². The second-order valence-corrected chi connectivity index (χ2v) is 6.67. The van der Waals surface area contributed by atoms with Crippen LogP contribution in [0, 0.1) is 6.92 Å². The van der Waals surface area contributed by atoms with E-state index in [4.69, 9.17) is 23.2 Å². The molecule has 0 saturated heterocycles. The van der Waals surface area contributed by atoms with Crippen LogP contribution >= 0.6 is 34.5 Å². The first kappa shape index (κ1) is 14.8. The first-order valence-corrected chi connectivity index (χ1v) is 7.68. The summed E-state index contributed by atoms with van der Waals surface area (Å²) in [5.74, 6) is 0. The van der Waals surface area contributed by atoms with Crippen molar-refractivity contribution in [1.29, 1.82) is 0 Å². The van der Waals surface area contributed by atoms with Crippen LogP contribution in [0.3, 0.4) is 0 Å². The number of benzene rings is 1. The lowest BCUT2D eigenvalue weighted by atomic mass is 10.1. The molecule has 19 heavy (non-hydrogen) atoms. The number of hydrogen-bond acceptors (Lipinski definition) is 3. The van der Waals surface area contributed by atoms with E-state index in [-0.39, 0.29) is 12.1 Å². The van der Waals surface area contributed by atoms with Crippen molar-refractivity contribution in [1.82, 2.24) is 10.3 Å². The number of nitrogens with one attached hydrogen (secondary N) is 1. The Bertz CT molecular complexity index is 568. The molecule has 0 fully saturated rings. The van der Waals surface area contributed by atoms with E-state index < -0.39 is 0 Å². The van der Waals surface area contributed by atoms with E-state index in [1.165, 1.54) is 4.88 Å². The third kappa shape index (κ3) is 3.69. The molecule has 1 N–H and O–H groups in total. The molecule has 2 nitrogen and oxygen atoms in total. The predicted octanol–water partition coefficient (Wildman–Crippen LogP) is 5.17. The third-order valence-electron chi connectivity index (χ3n) is 2.95. The van der Waals surface area contributed by atoms with E-state index in [2.05, 4.69) is 31.1 Å². The van der Waals surface area contributed by atoms with Crippen LogP contribution in [0.25, 0.3) is 0 Å². The molecule has 0 saturated carbocycles. The number of hydrogen-bond donors (Lipinski definition) is 1. The molecular formula is C14H16Cl2N2S. The van der Waals surface area contributed by atoms with Gasteiger partial charge in [0.2, 0.25) is 0 Å². The molecule has 0 aliphatic rings. The zero-order valence-corrected chi connectivity index (χ0v) is 13.4. The van der Waals surface area contributed by atoms with E-state index in [0.717, 1.165) is 10.6 Å². The van der Waals surface area contributed by atoms with Crippen molar-refractivity contribution in [2.24, 2.45) is 0 Å². The molecule has 0 aliphatic heterocycles. The van der Waals surface area contributed by atoms with Gasteiger partial charge in [0.25, 0.3) is 0 Å². The van der Waals surface area contributed by atoms with Gasteiger partial charge < -0.3 is 5.32 Å². The van der Waals surface area contributed by atoms with E-state index in [0.29, 0.717) is 10.0 Å². The summed E-state index contributed by atoms with van der Waals surface area (Å²) in [7, 11) is 0. The van der Waals surface area contributed by atoms with Crippen molar-refractivity contribution in [2.45, 2.75) is 32.9 Å². The monoisotopic (exact) mass is 314 g/mol. The Morgan fingerprint density at radius 3 is 2.47 bits per heavy atom. The van der Waals surface area contributed by atoms with Gasteiger partial charge in [-0.05, 0) is 38.5 Å². The van der Waals surface area contributed by atoms with Crippen LogP contribution in [0.5, 0.6) is 0 Å². The van der Waals surface area contributed by atoms with E-state index in [1.54, 1.807) is 11.3 Å². The molecule has 5 heteroatoms. The summed E-state index contributed by atoms with van der Waals surface area (Å²) < 4.78 is 0. The van der Waals surface area contributed by atoms with Crippen molar-refractivity contribution >= 4 is 34.5 Å². The number of thiazole rings is 1. The Hall–Kier alpha value is -0.610. The number of aromatic nitrogens is 1. The number of nitrogens with zero attached hydrogens (tertiary/aromatic N) is 1. The van der Waals surface area contributed by atoms with Crippen LogP contribution in [0.2, 0.25) is 10.0 Å². The molecule has 2 aromatic rings. The highest BCUT2D eigenvalue weighted by Gasteiger charge is 2.14. The first-order chi connectivity index (χ1) is 8.97. The van der Waals surface area contributed by atoms with Crippen molar-refractivity contribution < 1.29 is 0 Å². The molecule has 0 spiro atoms. The third-order valence-corrected chi connectivity index (χ3v) is 4.79. The van der Waals surface area contributed by atoms with E-state index in [1.807, 2.05) is 24.4 Å². The van der Waals surface area contributed by atoms with Gasteiger partial charge in [-0.1, -0.05) is 29.3 Å². The summed E-state index contributed by atoms with van der Waals surface area (Å²) in [6.45, 7) is 6.29. The second-order valence-electron chi connectivity index (χ2n) is 4.59. The van der Waals surface area contributed by atoms with Crippen LogP contribution in [0.15, 0.2) is 24.4 Å². The quantitative estimate of drug-likeness (QED) is 0.842. The molecule has 0 aliphatic carbocycles. The van der Waals surface area contributed by atoms with Crippen LogP contribution < -0.4 is 5.32 Å². The molecule has 0 amide bonds. The topological polar surface area (TPSA) is 24.9 Å². The maximum Gasteiger partial charge on any atom is 0.109 e. The van der Waals surface area contributed by atoms with Crippen molar-refractivity contribution in [3.8, 4) is 0 Å². The normalized spacial score (nSPS) is 14.4. The SMILES string of the molecule is Cc1cnc(C(C)NC(C)c2ccc(Cl)c(Cl)c2)s1. The molecule has 0 bridgehead atoms. The molecule has 1 aromatic carbocycles. The Labute approximate surface area is 127 Å². The Morgan fingerprint density at radius 2 is 1.89 bits per heavy atom. The van der Waals surface area contributed by atoms with Gasteiger partial charge in [0, 0.05) is 17.1 Å². The number of rotatable bonds is 4. The smallest absolute Gasteiger partial charge is 0.109 e. The Morgan fingerprint density at radius 1 is 1.16 bits per heavy atom. The summed E-state index contributed by atoms with van der Waals surface area (Å²) >= 11 is 13.7. The summed E-state index contributed by atoms with van der Waals surface area (Å²) in [6, 6.07) is 6.13. The summed E-state index contributed by atoms with van der Waals surface area (Å²) in [4.78, 5) is 5.63. The van der Waals surface area contributed by atoms with E-state index in [9.17, 15) is 0 Å². The van der Waals surface area contributed by atoms with Gasteiger partial charge in [-0.15, -0.1) is 11.3 Å². The molecule has 0 radical (unpaired) electrons. The highest BCUT2D eigenvalue weighted by molar-refractivity contribution is 7.11. The average molecular weight is 315 g/mol. The number of aryl methyl sites for hydroxylation is 1. The molecule has 2 atom stereocenters. The van der Waals surface area contributed by atoms with Crippen LogP contribution in [0.4, 0.5) is 0 Å². The Kier molecular flexibility index (Phi) is 4.85. The van der Waals surface area contributed by atoms with Gasteiger partial charge in [0.15, 0.2) is 0 Å². The van der Waals surface area contributed by atoms with Crippen molar-refractivity contribution in [3.05, 3.63) is 49.9 Å². The molecule has 1 heterocycles. The first-order valence-electron chi connectivity index (χ1n) is 6.10. The predicted molar refractivity (Wildman–Crippen MR) is 83.3 cm³/mol. The fourth-order valence-corrected chi connectivity index (χ4v) is 2.99. The van der Waals surface area contributed by atoms with Crippen LogP contribution in [-0.4, -0.2) is 4.98 Å². The summed E-state index contributed by atoms with van der Waals surface area (Å²) in [5.41, 5.74) is 1.12. The lowest BCUT2D eigenvalue weighted by Gasteiger charge is -2.19. The van der Waals surface area contributed by atoms with Gasteiger partial charge in [-0.3, -0.25) is 0 Å². The maximum absolute atomic E-state index is 6.04. The molecule has 2 unspecified atom stereocenters. The van der Waals surface area contributed by atoms with Gasteiger partial charge in [0.05, 0.1) is 16.1 Å². The van der Waals surface area contributed by atoms with Gasteiger partial charge in [-0.2, -0.15) is 0 Å². The lowest BCUT2D eigenvalue weighted by Crippen LogP contribution is -2.22. The number of halogens is 2. The molecule has 2 rings (SSSR count). The van der Waals surface area contributed by atoms with Gasteiger partial charge in [-0.25, -0.2) is 4.98 Å². The zero-order valence-electron chi connectivity index (χ0n) is 11.1. The minimum Gasteiger partial charge on any atom is -0.302 e. The largest absolute Gasteiger partial charge is 0.302 e. The average Bonchev–Trinajstić information content (AvgIpc) is 2.79. The fraction of sp³-hybridized carbons (Fsp3) is 0.357. The van der Waals surface area contributed by atoms with Crippen LogP contribution in [-0.2, 0) is 0 Å². The molecule has 102 valence electrons. The lowest BCUT2D eigenvalue weighted by molar-refractivity contribution is 0.493.